The van der Waals surface area contributed by atoms with E-state index in [0.29, 0.717) is 5.82 Å². The SMILES string of the molecule is NNc1cccc(C(=O)NCC(F)F)n1. The highest BCUT2D eigenvalue weighted by molar-refractivity contribution is 5.92. The van der Waals surface area contributed by atoms with Crippen molar-refractivity contribution >= 4 is 11.7 Å². The van der Waals surface area contributed by atoms with E-state index in [1.54, 1.807) is 12.1 Å². The Morgan fingerprint density at radius 2 is 2.27 bits per heavy atom. The summed E-state index contributed by atoms with van der Waals surface area (Å²) < 4.78 is 23.6. The molecule has 0 aliphatic rings. The lowest BCUT2D eigenvalue weighted by Crippen LogP contribution is -2.29. The molecule has 1 heterocycles. The molecule has 1 aromatic heterocycles. The number of nitrogens with one attached hydrogen (secondary N) is 2. The van der Waals surface area contributed by atoms with Crippen LogP contribution in [0.3, 0.4) is 0 Å². The van der Waals surface area contributed by atoms with E-state index >= 15 is 0 Å². The van der Waals surface area contributed by atoms with Crippen LogP contribution in [0.2, 0.25) is 0 Å². The van der Waals surface area contributed by atoms with Crippen LogP contribution in [0.25, 0.3) is 0 Å². The highest BCUT2D eigenvalue weighted by Gasteiger charge is 2.10. The van der Waals surface area contributed by atoms with Crippen molar-refractivity contribution in [1.29, 1.82) is 0 Å². The zero-order chi connectivity index (χ0) is 11.3. The van der Waals surface area contributed by atoms with E-state index in [2.05, 4.69) is 10.4 Å². The van der Waals surface area contributed by atoms with Gasteiger partial charge in [-0.3, -0.25) is 4.79 Å². The maximum absolute atomic E-state index is 11.8. The number of hydrazine groups is 1. The first kappa shape index (κ1) is 11.3. The Morgan fingerprint density at radius 1 is 1.53 bits per heavy atom. The Kier molecular flexibility index (Phi) is 3.92. The molecule has 0 bridgehead atoms. The minimum Gasteiger partial charge on any atom is -0.345 e. The number of hydrogen-bond acceptors (Lipinski definition) is 4. The lowest BCUT2D eigenvalue weighted by molar-refractivity contribution is 0.0887. The van der Waals surface area contributed by atoms with Crippen LogP contribution in [0.5, 0.6) is 0 Å². The molecule has 1 aromatic rings. The molecule has 0 fully saturated rings. The number of amides is 1. The van der Waals surface area contributed by atoms with Crippen LogP contribution in [0.4, 0.5) is 14.6 Å². The number of nitrogens with zero attached hydrogens (tertiary/aromatic N) is 1. The average molecular weight is 216 g/mol. The van der Waals surface area contributed by atoms with Crippen molar-refractivity contribution in [2.75, 3.05) is 12.0 Å². The molecule has 0 aliphatic carbocycles. The van der Waals surface area contributed by atoms with Gasteiger partial charge < -0.3 is 10.7 Å². The zero-order valence-corrected chi connectivity index (χ0v) is 7.71. The summed E-state index contributed by atoms with van der Waals surface area (Å²) in [7, 11) is 0. The molecule has 7 heteroatoms. The molecule has 15 heavy (non-hydrogen) atoms. The van der Waals surface area contributed by atoms with E-state index in [1.165, 1.54) is 6.07 Å². The standard InChI is InChI=1S/C8H10F2N4O/c9-6(10)4-12-8(15)5-2-1-3-7(13-5)14-11/h1-3,6H,4,11H2,(H,12,15)(H,13,14). The number of halogens is 2. The molecule has 0 unspecified atom stereocenters. The average Bonchev–Trinajstić information content (AvgIpc) is 2.26. The fourth-order valence-corrected chi connectivity index (χ4v) is 0.902. The van der Waals surface area contributed by atoms with Crippen LogP contribution in [0, 0.1) is 0 Å². The lowest BCUT2D eigenvalue weighted by atomic mass is 10.3. The number of rotatable bonds is 4. The molecule has 4 N–H and O–H groups in total. The number of aromatic nitrogens is 1. The molecule has 0 saturated heterocycles. The first-order valence-corrected chi connectivity index (χ1v) is 4.13. The quantitative estimate of drug-likeness (QED) is 0.501. The molecule has 82 valence electrons. The van der Waals surface area contributed by atoms with Crippen LogP contribution < -0.4 is 16.6 Å². The molecule has 0 radical (unpaired) electrons. The first-order valence-electron chi connectivity index (χ1n) is 4.13. The van der Waals surface area contributed by atoms with Gasteiger partial charge in [-0.05, 0) is 12.1 Å². The summed E-state index contributed by atoms with van der Waals surface area (Å²) in [5, 5.41) is 2.03. The third kappa shape index (κ3) is 3.47. The third-order valence-electron chi connectivity index (χ3n) is 1.55. The van der Waals surface area contributed by atoms with Gasteiger partial charge >= 0.3 is 0 Å². The van der Waals surface area contributed by atoms with Crippen LogP contribution in [0.1, 0.15) is 10.5 Å². The Balaban J connectivity index is 2.65. The second-order valence-electron chi connectivity index (χ2n) is 2.65. The molecular formula is C8H10F2N4O. The Bertz CT molecular complexity index is 345. The topological polar surface area (TPSA) is 80.0 Å². The minimum absolute atomic E-state index is 0.0334. The van der Waals surface area contributed by atoms with Crippen molar-refractivity contribution in [2.45, 2.75) is 6.43 Å². The lowest BCUT2D eigenvalue weighted by Gasteiger charge is -2.04. The van der Waals surface area contributed by atoms with Crippen molar-refractivity contribution in [1.82, 2.24) is 10.3 Å². The van der Waals surface area contributed by atoms with E-state index in [1.807, 2.05) is 5.32 Å². The molecule has 0 saturated carbocycles. The number of nitrogen functional groups attached to an aromatic ring is 1. The monoisotopic (exact) mass is 216 g/mol. The van der Waals surface area contributed by atoms with Gasteiger partial charge in [-0.2, -0.15) is 0 Å². The van der Waals surface area contributed by atoms with E-state index < -0.39 is 18.9 Å². The van der Waals surface area contributed by atoms with Crippen molar-refractivity contribution in [3.8, 4) is 0 Å². The van der Waals surface area contributed by atoms with Crippen LogP contribution in [0.15, 0.2) is 18.2 Å². The fraction of sp³-hybridized carbons (Fsp3) is 0.250. The first-order chi connectivity index (χ1) is 7.13. The van der Waals surface area contributed by atoms with E-state index in [9.17, 15) is 13.6 Å². The maximum atomic E-state index is 11.8. The highest BCUT2D eigenvalue weighted by Crippen LogP contribution is 2.02. The summed E-state index contributed by atoms with van der Waals surface area (Å²) in [6.45, 7) is -0.694. The number of alkyl halides is 2. The van der Waals surface area contributed by atoms with Crippen LogP contribution in [-0.2, 0) is 0 Å². The molecule has 0 spiro atoms. The Morgan fingerprint density at radius 3 is 2.87 bits per heavy atom. The second kappa shape index (κ2) is 5.20. The molecule has 0 atom stereocenters. The fourth-order valence-electron chi connectivity index (χ4n) is 0.902. The molecule has 5 nitrogen and oxygen atoms in total. The summed E-state index contributed by atoms with van der Waals surface area (Å²) >= 11 is 0. The molecule has 0 aliphatic heterocycles. The van der Waals surface area contributed by atoms with Gasteiger partial charge in [0.15, 0.2) is 0 Å². The number of carbonyl (C=O) groups is 1. The van der Waals surface area contributed by atoms with Crippen molar-refractivity contribution in [2.24, 2.45) is 5.84 Å². The third-order valence-corrected chi connectivity index (χ3v) is 1.55. The van der Waals surface area contributed by atoms with Gasteiger partial charge in [-0.15, -0.1) is 0 Å². The number of nitrogens with two attached hydrogens (primary N) is 1. The molecule has 1 amide bonds. The number of hydrogen-bond donors (Lipinski definition) is 3. The summed E-state index contributed by atoms with van der Waals surface area (Å²) in [5.41, 5.74) is 2.28. The van der Waals surface area contributed by atoms with Gasteiger partial charge in [0, 0.05) is 0 Å². The molecule has 0 aromatic carbocycles. The van der Waals surface area contributed by atoms with Crippen LogP contribution in [-0.4, -0.2) is 23.9 Å². The van der Waals surface area contributed by atoms with E-state index in [0.717, 1.165) is 0 Å². The second-order valence-corrected chi connectivity index (χ2v) is 2.65. The summed E-state index contributed by atoms with van der Waals surface area (Å²) in [6, 6.07) is 4.49. The van der Waals surface area contributed by atoms with Gasteiger partial charge in [-0.25, -0.2) is 19.6 Å². The van der Waals surface area contributed by atoms with Crippen molar-refractivity contribution < 1.29 is 13.6 Å². The van der Waals surface area contributed by atoms with Gasteiger partial charge in [0.05, 0.1) is 6.54 Å². The summed E-state index contributed by atoms with van der Waals surface area (Å²) in [6.07, 6.45) is -2.58. The van der Waals surface area contributed by atoms with Crippen molar-refractivity contribution in [3.63, 3.8) is 0 Å². The number of carbonyl (C=O) groups excluding carboxylic acids is 1. The van der Waals surface area contributed by atoms with Crippen molar-refractivity contribution in [3.05, 3.63) is 23.9 Å². The van der Waals surface area contributed by atoms with Gasteiger partial charge in [0.2, 0.25) is 0 Å². The number of pyridine rings is 1. The molecular weight excluding hydrogens is 206 g/mol. The minimum atomic E-state index is -2.58. The normalized spacial score (nSPS) is 10.1. The van der Waals surface area contributed by atoms with E-state index in [4.69, 9.17) is 5.84 Å². The Labute approximate surface area is 84.6 Å². The predicted molar refractivity (Wildman–Crippen MR) is 50.4 cm³/mol. The van der Waals surface area contributed by atoms with Crippen LogP contribution >= 0.6 is 0 Å². The van der Waals surface area contributed by atoms with Gasteiger partial charge in [-0.1, -0.05) is 6.07 Å². The van der Waals surface area contributed by atoms with E-state index in [-0.39, 0.29) is 5.69 Å². The van der Waals surface area contributed by atoms with Gasteiger partial charge in [0.25, 0.3) is 12.3 Å². The number of anilines is 1. The summed E-state index contributed by atoms with van der Waals surface area (Å²) in [4.78, 5) is 15.0. The predicted octanol–water partition coefficient (Wildman–Crippen LogP) is 0.362. The summed E-state index contributed by atoms with van der Waals surface area (Å²) in [5.74, 6) is 4.71. The maximum Gasteiger partial charge on any atom is 0.270 e. The highest BCUT2D eigenvalue weighted by atomic mass is 19.3. The Hall–Kier alpha value is -1.76. The molecule has 1 rings (SSSR count). The smallest absolute Gasteiger partial charge is 0.270 e. The van der Waals surface area contributed by atoms with Gasteiger partial charge in [0.1, 0.15) is 11.5 Å². The largest absolute Gasteiger partial charge is 0.345 e. The zero-order valence-electron chi connectivity index (χ0n) is 7.71.